The minimum absolute atomic E-state index is 0.628. The van der Waals surface area contributed by atoms with Crippen LogP contribution in [0.5, 0.6) is 0 Å². The average molecular weight is 269 g/mol. The summed E-state index contributed by atoms with van der Waals surface area (Å²) in [6, 6.07) is 16.7. The number of nitrogen functional groups attached to an aromatic ring is 1. The molecule has 1 aromatic heterocycles. The van der Waals surface area contributed by atoms with Crippen LogP contribution in [0, 0.1) is 0 Å². The quantitative estimate of drug-likeness (QED) is 0.791. The molecule has 0 aliphatic heterocycles. The number of hydrogen-bond donors (Lipinski definition) is 1. The zero-order valence-electron chi connectivity index (χ0n) is 10.7. The Morgan fingerprint density at radius 1 is 1.16 bits per heavy atom. The largest absolute Gasteiger partial charge is 0.375 e. The second-order valence-electron chi connectivity index (χ2n) is 4.55. The normalized spacial score (nSPS) is 10.8. The fraction of sp³-hybridized carbons (Fsp3) is 0.133. The molecule has 19 heavy (non-hydrogen) atoms. The first-order valence-corrected chi connectivity index (χ1v) is 6.95. The zero-order chi connectivity index (χ0) is 13.2. The molecule has 0 unspecified atom stereocenters. The molecular weight excluding hydrogens is 254 g/mol. The van der Waals surface area contributed by atoms with Crippen LogP contribution < -0.4 is 10.6 Å². The van der Waals surface area contributed by atoms with Crippen LogP contribution in [0.4, 0.5) is 10.8 Å². The van der Waals surface area contributed by atoms with Gasteiger partial charge in [-0.1, -0.05) is 35.6 Å². The summed E-state index contributed by atoms with van der Waals surface area (Å²) in [4.78, 5) is 6.50. The van der Waals surface area contributed by atoms with E-state index in [1.807, 2.05) is 12.1 Å². The Morgan fingerprint density at radius 3 is 2.74 bits per heavy atom. The Labute approximate surface area is 116 Å². The molecule has 3 aromatic rings. The molecule has 0 saturated heterocycles. The van der Waals surface area contributed by atoms with E-state index in [4.69, 9.17) is 5.73 Å². The van der Waals surface area contributed by atoms with Crippen LogP contribution in [0.25, 0.3) is 10.2 Å². The predicted molar refractivity (Wildman–Crippen MR) is 82.6 cm³/mol. The summed E-state index contributed by atoms with van der Waals surface area (Å²) in [5, 5.41) is 0.628. The molecule has 3 rings (SSSR count). The van der Waals surface area contributed by atoms with Gasteiger partial charge in [-0.15, -0.1) is 0 Å². The lowest BCUT2D eigenvalue weighted by Gasteiger charge is -2.19. The molecule has 0 fully saturated rings. The van der Waals surface area contributed by atoms with Crippen LogP contribution >= 0.6 is 11.3 Å². The molecule has 0 amide bonds. The van der Waals surface area contributed by atoms with Crippen molar-refractivity contribution in [3.05, 3.63) is 54.1 Å². The summed E-state index contributed by atoms with van der Waals surface area (Å²) in [5.41, 5.74) is 9.19. The lowest BCUT2D eigenvalue weighted by Crippen LogP contribution is -2.15. The number of rotatable bonds is 3. The van der Waals surface area contributed by atoms with E-state index < -0.39 is 0 Å². The van der Waals surface area contributed by atoms with Crippen molar-refractivity contribution < 1.29 is 0 Å². The third-order valence-electron chi connectivity index (χ3n) is 3.09. The van der Waals surface area contributed by atoms with Gasteiger partial charge >= 0.3 is 0 Å². The Morgan fingerprint density at radius 2 is 1.95 bits per heavy atom. The van der Waals surface area contributed by atoms with Gasteiger partial charge in [0.2, 0.25) is 0 Å². The maximum atomic E-state index is 5.73. The third-order valence-corrected chi connectivity index (χ3v) is 3.93. The Balaban J connectivity index is 1.85. The van der Waals surface area contributed by atoms with Crippen molar-refractivity contribution in [2.75, 3.05) is 17.7 Å². The van der Waals surface area contributed by atoms with Gasteiger partial charge in [0, 0.05) is 19.3 Å². The number of nitrogens with two attached hydrogens (primary N) is 1. The maximum Gasteiger partial charge on any atom is 0.181 e. The smallest absolute Gasteiger partial charge is 0.181 e. The summed E-state index contributed by atoms with van der Waals surface area (Å²) < 4.78 is 1.15. The van der Waals surface area contributed by atoms with E-state index in [-0.39, 0.29) is 0 Å². The van der Waals surface area contributed by atoms with Crippen molar-refractivity contribution in [1.29, 1.82) is 0 Å². The van der Waals surface area contributed by atoms with Crippen molar-refractivity contribution in [3.63, 3.8) is 0 Å². The number of hydrogen-bond acceptors (Lipinski definition) is 4. The molecule has 0 atom stereocenters. The average Bonchev–Trinajstić information content (AvgIpc) is 2.79. The topological polar surface area (TPSA) is 42.2 Å². The SMILES string of the molecule is CN(Cc1ccc2nc(N)sc2c1)c1ccccc1. The maximum absolute atomic E-state index is 5.73. The van der Waals surface area contributed by atoms with Gasteiger partial charge in [0.1, 0.15) is 0 Å². The summed E-state index contributed by atoms with van der Waals surface area (Å²) in [5.74, 6) is 0. The van der Waals surface area contributed by atoms with Crippen LogP contribution in [-0.4, -0.2) is 12.0 Å². The van der Waals surface area contributed by atoms with Gasteiger partial charge in [-0.2, -0.15) is 0 Å². The highest BCUT2D eigenvalue weighted by molar-refractivity contribution is 7.22. The number of anilines is 2. The first kappa shape index (κ1) is 12.0. The fourth-order valence-corrected chi connectivity index (χ4v) is 2.93. The number of thiazole rings is 1. The molecule has 96 valence electrons. The summed E-state index contributed by atoms with van der Waals surface area (Å²) in [6.07, 6.45) is 0. The van der Waals surface area contributed by atoms with Crippen molar-refractivity contribution in [3.8, 4) is 0 Å². The zero-order valence-corrected chi connectivity index (χ0v) is 11.5. The predicted octanol–water partition coefficient (Wildman–Crippen LogP) is 3.51. The number of nitrogens with zero attached hydrogens (tertiary/aromatic N) is 2. The molecule has 4 heteroatoms. The molecule has 0 aliphatic rings. The second kappa shape index (κ2) is 4.90. The van der Waals surface area contributed by atoms with E-state index >= 15 is 0 Å². The summed E-state index contributed by atoms with van der Waals surface area (Å²) in [7, 11) is 2.10. The number of aromatic nitrogens is 1. The van der Waals surface area contributed by atoms with Crippen LogP contribution in [-0.2, 0) is 6.54 Å². The molecule has 2 aromatic carbocycles. The van der Waals surface area contributed by atoms with Crippen molar-refractivity contribution >= 4 is 32.4 Å². The minimum Gasteiger partial charge on any atom is -0.375 e. The molecule has 0 bridgehead atoms. The summed E-state index contributed by atoms with van der Waals surface area (Å²) >= 11 is 1.54. The van der Waals surface area contributed by atoms with Gasteiger partial charge in [0.05, 0.1) is 10.2 Å². The highest BCUT2D eigenvalue weighted by Crippen LogP contribution is 2.25. The monoisotopic (exact) mass is 269 g/mol. The molecule has 0 saturated carbocycles. The van der Waals surface area contributed by atoms with Crippen LogP contribution in [0.2, 0.25) is 0 Å². The molecule has 1 heterocycles. The van der Waals surface area contributed by atoms with Gasteiger partial charge in [0.25, 0.3) is 0 Å². The van der Waals surface area contributed by atoms with Crippen LogP contribution in [0.3, 0.4) is 0 Å². The van der Waals surface area contributed by atoms with E-state index in [2.05, 4.69) is 53.3 Å². The molecule has 3 nitrogen and oxygen atoms in total. The first-order valence-electron chi connectivity index (χ1n) is 6.13. The highest BCUT2D eigenvalue weighted by Gasteiger charge is 2.05. The van der Waals surface area contributed by atoms with Crippen LogP contribution in [0.15, 0.2) is 48.5 Å². The van der Waals surface area contributed by atoms with E-state index in [0.29, 0.717) is 5.13 Å². The molecule has 0 aliphatic carbocycles. The van der Waals surface area contributed by atoms with Gasteiger partial charge < -0.3 is 10.6 Å². The van der Waals surface area contributed by atoms with E-state index in [1.54, 1.807) is 0 Å². The molecule has 0 spiro atoms. The standard InChI is InChI=1S/C15H15N3S/c1-18(12-5-3-2-4-6-12)10-11-7-8-13-14(9-11)19-15(16)17-13/h2-9H,10H2,1H3,(H2,16,17). The first-order chi connectivity index (χ1) is 9.22. The van der Waals surface area contributed by atoms with Crippen molar-refractivity contribution in [1.82, 2.24) is 4.98 Å². The number of benzene rings is 2. The molecule has 2 N–H and O–H groups in total. The van der Waals surface area contributed by atoms with Gasteiger partial charge in [-0.3, -0.25) is 0 Å². The molecule has 0 radical (unpaired) electrons. The third kappa shape index (κ3) is 2.53. The van der Waals surface area contributed by atoms with Gasteiger partial charge in [0.15, 0.2) is 5.13 Å². The molecular formula is C15H15N3S. The van der Waals surface area contributed by atoms with Crippen molar-refractivity contribution in [2.24, 2.45) is 0 Å². The number of para-hydroxylation sites is 1. The summed E-state index contributed by atoms with van der Waals surface area (Å²) in [6.45, 7) is 0.873. The highest BCUT2D eigenvalue weighted by atomic mass is 32.1. The van der Waals surface area contributed by atoms with E-state index in [1.165, 1.54) is 22.6 Å². The second-order valence-corrected chi connectivity index (χ2v) is 5.61. The van der Waals surface area contributed by atoms with Crippen LogP contribution in [0.1, 0.15) is 5.56 Å². The lowest BCUT2D eigenvalue weighted by molar-refractivity contribution is 0.925. The van der Waals surface area contributed by atoms with E-state index in [0.717, 1.165) is 16.8 Å². The number of fused-ring (bicyclic) bond motifs is 1. The van der Waals surface area contributed by atoms with Gasteiger partial charge in [-0.05, 0) is 29.8 Å². The Hall–Kier alpha value is -2.07. The fourth-order valence-electron chi connectivity index (χ4n) is 2.13. The Bertz CT molecular complexity index is 691. The Kier molecular flexibility index (Phi) is 3.09. The van der Waals surface area contributed by atoms with Gasteiger partial charge in [-0.25, -0.2) is 4.98 Å². The minimum atomic E-state index is 0.628. The van der Waals surface area contributed by atoms with E-state index in [9.17, 15) is 0 Å². The van der Waals surface area contributed by atoms with Crippen molar-refractivity contribution in [2.45, 2.75) is 6.54 Å². The lowest BCUT2D eigenvalue weighted by atomic mass is 10.2.